The number of urea groups is 1. The molecule has 21 heavy (non-hydrogen) atoms. The maximum Gasteiger partial charge on any atom is 0.326 e. The van der Waals surface area contributed by atoms with Crippen molar-refractivity contribution < 1.29 is 33.8 Å². The summed E-state index contributed by atoms with van der Waals surface area (Å²) in [5, 5.41) is 13.4. The highest BCUT2D eigenvalue weighted by atomic mass is 16.5. The van der Waals surface area contributed by atoms with E-state index in [1.54, 1.807) is 6.92 Å². The molecule has 2 amide bonds. The topological polar surface area (TPSA) is 131 Å². The van der Waals surface area contributed by atoms with Crippen molar-refractivity contribution in [1.29, 1.82) is 0 Å². The number of hydrogen-bond acceptors (Lipinski definition) is 6. The number of esters is 2. The second-order valence-corrected chi connectivity index (χ2v) is 3.98. The first kappa shape index (κ1) is 18.7. The lowest BCUT2D eigenvalue weighted by Gasteiger charge is -2.14. The second kappa shape index (κ2) is 10.5. The monoisotopic (exact) mass is 304 g/mol. The molecular weight excluding hydrogens is 284 g/mol. The molecule has 0 aromatic carbocycles. The summed E-state index contributed by atoms with van der Waals surface area (Å²) in [7, 11) is 1.12. The highest BCUT2D eigenvalue weighted by Crippen LogP contribution is 1.96. The maximum absolute atomic E-state index is 11.4. The van der Waals surface area contributed by atoms with Gasteiger partial charge in [-0.2, -0.15) is 0 Å². The zero-order chi connectivity index (χ0) is 16.3. The predicted molar refractivity (Wildman–Crippen MR) is 70.5 cm³/mol. The summed E-state index contributed by atoms with van der Waals surface area (Å²) >= 11 is 0. The molecule has 0 spiro atoms. The minimum absolute atomic E-state index is 0.151. The molecule has 3 N–H and O–H groups in total. The summed E-state index contributed by atoms with van der Waals surface area (Å²) in [6.45, 7) is 2.16. The largest absolute Gasteiger partial charge is 0.480 e. The van der Waals surface area contributed by atoms with Gasteiger partial charge in [-0.15, -0.1) is 0 Å². The molecule has 120 valence electrons. The van der Waals surface area contributed by atoms with Gasteiger partial charge in [-0.25, -0.2) is 9.59 Å². The SMILES string of the molecule is CCOC(=O)CCCNC(=O)N[C@@H](CC(=O)OC)C(=O)O. The van der Waals surface area contributed by atoms with Gasteiger partial charge in [-0.1, -0.05) is 0 Å². The minimum Gasteiger partial charge on any atom is -0.480 e. The van der Waals surface area contributed by atoms with Crippen LogP contribution in [0.4, 0.5) is 4.79 Å². The van der Waals surface area contributed by atoms with Gasteiger partial charge in [-0.05, 0) is 13.3 Å². The summed E-state index contributed by atoms with van der Waals surface area (Å²) in [5.74, 6) is -2.46. The molecule has 0 aliphatic heterocycles. The van der Waals surface area contributed by atoms with E-state index in [0.717, 1.165) is 7.11 Å². The van der Waals surface area contributed by atoms with Gasteiger partial charge in [0.1, 0.15) is 6.04 Å². The van der Waals surface area contributed by atoms with E-state index in [1.807, 2.05) is 0 Å². The fraction of sp³-hybridized carbons (Fsp3) is 0.667. The number of carbonyl (C=O) groups excluding carboxylic acids is 3. The summed E-state index contributed by atoms with van der Waals surface area (Å²) in [6, 6.07) is -2.11. The number of carbonyl (C=O) groups is 4. The van der Waals surface area contributed by atoms with Crippen LogP contribution in [-0.2, 0) is 23.9 Å². The Morgan fingerprint density at radius 3 is 2.38 bits per heavy atom. The Balaban J connectivity index is 4.01. The van der Waals surface area contributed by atoms with Crippen molar-refractivity contribution in [3.05, 3.63) is 0 Å². The number of methoxy groups -OCH3 is 1. The highest BCUT2D eigenvalue weighted by molar-refractivity contribution is 5.86. The number of nitrogens with one attached hydrogen (secondary N) is 2. The van der Waals surface area contributed by atoms with E-state index in [9.17, 15) is 19.2 Å². The smallest absolute Gasteiger partial charge is 0.326 e. The van der Waals surface area contributed by atoms with Crippen LogP contribution in [0.3, 0.4) is 0 Å². The van der Waals surface area contributed by atoms with Gasteiger partial charge >= 0.3 is 23.9 Å². The lowest BCUT2D eigenvalue weighted by molar-refractivity contribution is -0.147. The van der Waals surface area contributed by atoms with Crippen molar-refractivity contribution in [2.24, 2.45) is 0 Å². The first-order chi connectivity index (χ1) is 9.90. The zero-order valence-corrected chi connectivity index (χ0v) is 12.0. The van der Waals surface area contributed by atoms with E-state index in [1.165, 1.54) is 0 Å². The Bertz CT molecular complexity index is 384. The molecule has 9 nitrogen and oxygen atoms in total. The van der Waals surface area contributed by atoms with Crippen molar-refractivity contribution in [2.45, 2.75) is 32.2 Å². The van der Waals surface area contributed by atoms with Crippen LogP contribution in [0, 0.1) is 0 Å². The molecule has 1 atom stereocenters. The van der Waals surface area contributed by atoms with Crippen molar-refractivity contribution in [2.75, 3.05) is 20.3 Å². The minimum atomic E-state index is -1.37. The fourth-order valence-corrected chi connectivity index (χ4v) is 1.33. The van der Waals surface area contributed by atoms with Crippen LogP contribution >= 0.6 is 0 Å². The van der Waals surface area contributed by atoms with E-state index in [-0.39, 0.29) is 18.9 Å². The predicted octanol–water partition coefficient (Wildman–Crippen LogP) is -0.355. The molecular formula is C12H20N2O7. The summed E-state index contributed by atoms with van der Waals surface area (Å²) in [6.07, 6.45) is 0.0434. The average molecular weight is 304 g/mol. The third-order valence-electron chi connectivity index (χ3n) is 2.35. The molecule has 0 unspecified atom stereocenters. The number of amides is 2. The molecule has 0 aliphatic rings. The molecule has 0 rings (SSSR count). The first-order valence-corrected chi connectivity index (χ1v) is 6.40. The Morgan fingerprint density at radius 1 is 1.19 bits per heavy atom. The van der Waals surface area contributed by atoms with Gasteiger partial charge in [0.15, 0.2) is 0 Å². The number of aliphatic carboxylic acids is 1. The molecule has 0 saturated carbocycles. The van der Waals surface area contributed by atoms with Crippen LogP contribution in [0.2, 0.25) is 0 Å². The van der Waals surface area contributed by atoms with Gasteiger partial charge in [0.2, 0.25) is 0 Å². The van der Waals surface area contributed by atoms with Gasteiger partial charge in [0.05, 0.1) is 20.1 Å². The molecule has 0 heterocycles. The number of carboxylic acids is 1. The molecule has 0 aromatic heterocycles. The van der Waals surface area contributed by atoms with Crippen LogP contribution in [0.1, 0.15) is 26.2 Å². The summed E-state index contributed by atoms with van der Waals surface area (Å²) < 4.78 is 9.04. The quantitative estimate of drug-likeness (QED) is 0.392. The molecule has 0 fully saturated rings. The fourth-order valence-electron chi connectivity index (χ4n) is 1.33. The van der Waals surface area contributed by atoms with Crippen LogP contribution in [0.25, 0.3) is 0 Å². The van der Waals surface area contributed by atoms with E-state index in [2.05, 4.69) is 15.4 Å². The third kappa shape index (κ3) is 9.25. The molecule has 0 radical (unpaired) electrons. The Hall–Kier alpha value is -2.32. The molecule has 0 saturated heterocycles. The number of ether oxygens (including phenoxy) is 2. The number of carboxylic acid groups (broad SMARTS) is 1. The highest BCUT2D eigenvalue weighted by Gasteiger charge is 2.23. The zero-order valence-electron chi connectivity index (χ0n) is 12.0. The van der Waals surface area contributed by atoms with Gasteiger partial charge in [0, 0.05) is 13.0 Å². The van der Waals surface area contributed by atoms with Gasteiger partial charge < -0.3 is 25.2 Å². The first-order valence-electron chi connectivity index (χ1n) is 6.40. The van der Waals surface area contributed by atoms with Crippen molar-refractivity contribution in [3.8, 4) is 0 Å². The number of rotatable bonds is 9. The maximum atomic E-state index is 11.4. The lowest BCUT2D eigenvalue weighted by Crippen LogP contribution is -2.47. The Morgan fingerprint density at radius 2 is 1.86 bits per heavy atom. The molecule has 9 heteroatoms. The van der Waals surface area contributed by atoms with Crippen LogP contribution in [0.5, 0.6) is 0 Å². The number of hydrogen-bond donors (Lipinski definition) is 3. The van der Waals surface area contributed by atoms with E-state index in [0.29, 0.717) is 13.0 Å². The van der Waals surface area contributed by atoms with E-state index in [4.69, 9.17) is 9.84 Å². The van der Waals surface area contributed by atoms with Crippen LogP contribution in [0.15, 0.2) is 0 Å². The van der Waals surface area contributed by atoms with Gasteiger partial charge in [-0.3, -0.25) is 9.59 Å². The molecule has 0 bridgehead atoms. The normalized spacial score (nSPS) is 11.1. The van der Waals surface area contributed by atoms with E-state index >= 15 is 0 Å². The van der Waals surface area contributed by atoms with Crippen molar-refractivity contribution >= 4 is 23.9 Å². The van der Waals surface area contributed by atoms with Crippen LogP contribution in [-0.4, -0.2) is 55.3 Å². The van der Waals surface area contributed by atoms with Crippen molar-refractivity contribution in [3.63, 3.8) is 0 Å². The van der Waals surface area contributed by atoms with Crippen molar-refractivity contribution in [1.82, 2.24) is 10.6 Å². The second-order valence-electron chi connectivity index (χ2n) is 3.98. The van der Waals surface area contributed by atoms with Crippen LogP contribution < -0.4 is 10.6 Å². The van der Waals surface area contributed by atoms with E-state index < -0.39 is 30.4 Å². The molecule has 0 aliphatic carbocycles. The van der Waals surface area contributed by atoms with Gasteiger partial charge in [0.25, 0.3) is 0 Å². The summed E-state index contributed by atoms with van der Waals surface area (Å²) in [4.78, 5) is 44.3. The molecule has 0 aromatic rings. The standard InChI is InChI=1S/C12H20N2O7/c1-3-21-9(15)5-4-6-13-12(19)14-8(11(17)18)7-10(16)20-2/h8H,3-7H2,1-2H3,(H,17,18)(H2,13,14,19)/t8-/m0/s1. The summed E-state index contributed by atoms with van der Waals surface area (Å²) in [5.41, 5.74) is 0. The Labute approximate surface area is 122 Å². The Kier molecular flexibility index (Phi) is 9.31. The average Bonchev–Trinajstić information content (AvgIpc) is 2.42. The lowest BCUT2D eigenvalue weighted by atomic mass is 10.2. The third-order valence-corrected chi connectivity index (χ3v) is 2.35.